The number of allylic oxidation sites excluding steroid dienone is 3. The Morgan fingerprint density at radius 3 is 2.58 bits per heavy atom. The largest absolute Gasteiger partial charge is 0.573 e. The van der Waals surface area contributed by atoms with Crippen LogP contribution in [0.2, 0.25) is 0 Å². The van der Waals surface area contributed by atoms with E-state index in [1.54, 1.807) is 44.4 Å². The number of hydrogen-bond acceptors (Lipinski definition) is 7. The molecule has 0 fully saturated rings. The van der Waals surface area contributed by atoms with Crippen LogP contribution in [0.3, 0.4) is 0 Å². The van der Waals surface area contributed by atoms with Gasteiger partial charge in [-0.1, -0.05) is 13.5 Å². The van der Waals surface area contributed by atoms with Crippen LogP contribution in [0.4, 0.5) is 30.4 Å². The van der Waals surface area contributed by atoms with Crippen molar-refractivity contribution in [2.24, 2.45) is 0 Å². The Bertz CT molecular complexity index is 1010. The van der Waals surface area contributed by atoms with Crippen molar-refractivity contribution in [2.45, 2.75) is 19.7 Å². The van der Waals surface area contributed by atoms with Gasteiger partial charge in [0.25, 0.3) is 0 Å². The minimum atomic E-state index is -4.75. The van der Waals surface area contributed by atoms with E-state index in [2.05, 4.69) is 26.9 Å². The number of benzene rings is 1. The molecule has 0 aliphatic rings. The lowest BCUT2D eigenvalue weighted by Crippen LogP contribution is -2.30. The monoisotopic (exact) mass is 463 g/mol. The molecule has 0 amide bonds. The van der Waals surface area contributed by atoms with Gasteiger partial charge in [0.1, 0.15) is 23.1 Å². The summed E-state index contributed by atoms with van der Waals surface area (Å²) in [6.07, 6.45) is 1.24. The summed E-state index contributed by atoms with van der Waals surface area (Å²) in [4.78, 5) is 5.97. The van der Waals surface area contributed by atoms with E-state index in [0.29, 0.717) is 41.8 Å². The van der Waals surface area contributed by atoms with Gasteiger partial charge in [-0.3, -0.25) is 0 Å². The second-order valence-electron chi connectivity index (χ2n) is 6.90. The van der Waals surface area contributed by atoms with Crippen LogP contribution in [-0.4, -0.2) is 32.1 Å². The standard InChI is InChI=1S/C23H28F3N5O2/c1-5-6-17(33-23(24,25)26)8-7-16(2)30-15-31(4)21-10-9-18(13-20(21)27)32-19-11-12-29-22(14-19)28-3/h6-14,30H,2,5,15,27H2,1,3-4H3,(H,28,29)/b8-7-,17-6+. The number of alkyl halides is 3. The van der Waals surface area contributed by atoms with Crippen molar-refractivity contribution in [1.82, 2.24) is 10.3 Å². The molecule has 4 N–H and O–H groups in total. The summed E-state index contributed by atoms with van der Waals surface area (Å²) in [5, 5.41) is 5.96. The number of pyridine rings is 1. The Balaban J connectivity index is 1.95. The topological polar surface area (TPSA) is 84.7 Å². The normalized spacial score (nSPS) is 11.9. The van der Waals surface area contributed by atoms with Crippen LogP contribution in [0.1, 0.15) is 13.3 Å². The lowest BCUT2D eigenvalue weighted by Gasteiger charge is -2.22. The van der Waals surface area contributed by atoms with Crippen molar-refractivity contribution >= 4 is 17.2 Å². The first-order valence-corrected chi connectivity index (χ1v) is 10.1. The third-order valence-corrected chi connectivity index (χ3v) is 4.26. The van der Waals surface area contributed by atoms with E-state index in [1.807, 2.05) is 18.0 Å². The average Bonchev–Trinajstić information content (AvgIpc) is 2.75. The second-order valence-corrected chi connectivity index (χ2v) is 6.90. The number of ether oxygens (including phenoxy) is 2. The quantitative estimate of drug-likeness (QED) is 0.179. The number of anilines is 3. The van der Waals surface area contributed by atoms with Crippen molar-refractivity contribution in [3.8, 4) is 11.5 Å². The van der Waals surface area contributed by atoms with E-state index >= 15 is 0 Å². The highest BCUT2D eigenvalue weighted by Crippen LogP contribution is 2.30. The van der Waals surface area contributed by atoms with Crippen molar-refractivity contribution in [2.75, 3.05) is 36.7 Å². The number of nitrogen functional groups attached to an aromatic ring is 1. The third-order valence-electron chi connectivity index (χ3n) is 4.26. The fourth-order valence-corrected chi connectivity index (χ4v) is 2.72. The molecule has 2 aromatic rings. The molecule has 0 saturated heterocycles. The summed E-state index contributed by atoms with van der Waals surface area (Å²) >= 11 is 0. The molecule has 0 radical (unpaired) electrons. The van der Waals surface area contributed by atoms with E-state index in [0.717, 1.165) is 5.69 Å². The molecule has 0 spiro atoms. The van der Waals surface area contributed by atoms with Crippen LogP contribution in [0.25, 0.3) is 0 Å². The van der Waals surface area contributed by atoms with Gasteiger partial charge < -0.3 is 30.7 Å². The van der Waals surface area contributed by atoms with Gasteiger partial charge in [-0.15, -0.1) is 13.2 Å². The summed E-state index contributed by atoms with van der Waals surface area (Å²) in [5.74, 6) is 1.57. The molecule has 33 heavy (non-hydrogen) atoms. The van der Waals surface area contributed by atoms with E-state index in [1.165, 1.54) is 18.2 Å². The lowest BCUT2D eigenvalue weighted by molar-refractivity contribution is -0.303. The van der Waals surface area contributed by atoms with Gasteiger partial charge in [0, 0.05) is 38.1 Å². The fourth-order valence-electron chi connectivity index (χ4n) is 2.72. The van der Waals surface area contributed by atoms with Gasteiger partial charge in [0.15, 0.2) is 0 Å². The van der Waals surface area contributed by atoms with Crippen molar-refractivity contribution in [3.63, 3.8) is 0 Å². The van der Waals surface area contributed by atoms with Gasteiger partial charge in [-0.2, -0.15) is 0 Å². The van der Waals surface area contributed by atoms with Gasteiger partial charge in [-0.05, 0) is 42.8 Å². The Labute approximate surface area is 191 Å². The zero-order chi connectivity index (χ0) is 24.4. The predicted molar refractivity (Wildman–Crippen MR) is 125 cm³/mol. The maximum absolute atomic E-state index is 12.4. The van der Waals surface area contributed by atoms with E-state index in [9.17, 15) is 13.2 Å². The van der Waals surface area contributed by atoms with Crippen LogP contribution >= 0.6 is 0 Å². The molecule has 1 aromatic heterocycles. The minimum Gasteiger partial charge on any atom is -0.457 e. The minimum absolute atomic E-state index is 0.294. The first-order valence-electron chi connectivity index (χ1n) is 10.1. The first kappa shape index (κ1) is 25.4. The maximum Gasteiger partial charge on any atom is 0.573 e. The van der Waals surface area contributed by atoms with E-state index < -0.39 is 6.36 Å². The van der Waals surface area contributed by atoms with E-state index in [-0.39, 0.29) is 5.76 Å². The molecule has 10 heteroatoms. The Hall–Kier alpha value is -3.82. The van der Waals surface area contributed by atoms with Crippen molar-refractivity contribution in [1.29, 1.82) is 0 Å². The van der Waals surface area contributed by atoms with Crippen molar-refractivity contribution in [3.05, 3.63) is 72.8 Å². The summed E-state index contributed by atoms with van der Waals surface area (Å²) in [7, 11) is 3.58. The van der Waals surface area contributed by atoms with Gasteiger partial charge in [0.2, 0.25) is 0 Å². The molecular formula is C23H28F3N5O2. The molecule has 1 heterocycles. The number of halogens is 3. The third kappa shape index (κ3) is 8.68. The Kier molecular flexibility index (Phi) is 9.02. The average molecular weight is 464 g/mol. The smallest absolute Gasteiger partial charge is 0.457 e. The number of aromatic nitrogens is 1. The van der Waals surface area contributed by atoms with Crippen LogP contribution < -0.4 is 26.0 Å². The highest BCUT2D eigenvalue weighted by molar-refractivity contribution is 5.69. The number of nitrogens with zero attached hydrogens (tertiary/aromatic N) is 2. The predicted octanol–water partition coefficient (Wildman–Crippen LogP) is 5.38. The molecule has 0 aliphatic carbocycles. The summed E-state index contributed by atoms with van der Waals surface area (Å²) in [5.41, 5.74) is 7.83. The van der Waals surface area contributed by atoms with Crippen LogP contribution in [-0.2, 0) is 4.74 Å². The lowest BCUT2D eigenvalue weighted by atomic mass is 10.2. The number of nitrogens with one attached hydrogen (secondary N) is 2. The zero-order valence-electron chi connectivity index (χ0n) is 18.7. The number of nitrogens with two attached hydrogens (primary N) is 1. The molecular weight excluding hydrogens is 435 g/mol. The number of rotatable bonds is 11. The zero-order valence-corrected chi connectivity index (χ0v) is 18.7. The molecule has 178 valence electrons. The SMILES string of the molecule is C=C(/C=C\C(=C/CC)OC(F)(F)F)NCN(C)c1ccc(Oc2ccnc(NC)c2)cc1N. The molecule has 0 aliphatic heterocycles. The van der Waals surface area contributed by atoms with Crippen LogP contribution in [0.15, 0.2) is 72.8 Å². The Morgan fingerprint density at radius 1 is 1.21 bits per heavy atom. The van der Waals surface area contributed by atoms with E-state index in [4.69, 9.17) is 10.5 Å². The highest BCUT2D eigenvalue weighted by Gasteiger charge is 2.31. The summed E-state index contributed by atoms with van der Waals surface area (Å²) in [6.45, 7) is 5.83. The maximum atomic E-state index is 12.4. The fraction of sp³-hybridized carbons (Fsp3) is 0.261. The van der Waals surface area contributed by atoms with Crippen molar-refractivity contribution < 1.29 is 22.6 Å². The van der Waals surface area contributed by atoms with Gasteiger partial charge >= 0.3 is 6.36 Å². The number of hydrogen-bond donors (Lipinski definition) is 3. The summed E-state index contributed by atoms with van der Waals surface area (Å²) < 4.78 is 47.1. The molecule has 7 nitrogen and oxygen atoms in total. The molecule has 0 saturated carbocycles. The molecule has 0 bridgehead atoms. The second kappa shape index (κ2) is 11.7. The van der Waals surface area contributed by atoms with Gasteiger partial charge in [-0.25, -0.2) is 4.98 Å². The molecule has 0 unspecified atom stereocenters. The summed E-state index contributed by atoms with van der Waals surface area (Å²) in [6, 6.07) is 8.80. The van der Waals surface area contributed by atoms with Gasteiger partial charge in [0.05, 0.1) is 18.0 Å². The molecule has 0 atom stereocenters. The van der Waals surface area contributed by atoms with Crippen LogP contribution in [0, 0.1) is 0 Å². The van der Waals surface area contributed by atoms with Crippen LogP contribution in [0.5, 0.6) is 11.5 Å². The molecule has 2 rings (SSSR count). The highest BCUT2D eigenvalue weighted by atomic mass is 19.4. The first-order chi connectivity index (χ1) is 15.6. The Morgan fingerprint density at radius 2 is 1.94 bits per heavy atom. The molecule has 1 aromatic carbocycles.